The van der Waals surface area contributed by atoms with Crippen LogP contribution in [-0.2, 0) is 4.74 Å². The first-order valence-electron chi connectivity index (χ1n) is 7.11. The van der Waals surface area contributed by atoms with Crippen molar-refractivity contribution in [1.29, 1.82) is 0 Å². The largest absolute Gasteiger partial charge is 0.456 e. The van der Waals surface area contributed by atoms with E-state index in [0.717, 1.165) is 11.3 Å². The topological polar surface area (TPSA) is 82.3 Å². The Morgan fingerprint density at radius 2 is 1.87 bits per heavy atom. The predicted octanol–water partition coefficient (Wildman–Crippen LogP) is 3.92. The first-order valence-corrected chi connectivity index (χ1v) is 7.11. The number of carbonyl (C=O) groups is 1. The highest BCUT2D eigenvalue weighted by Crippen LogP contribution is 2.27. The molecule has 23 heavy (non-hydrogen) atoms. The van der Waals surface area contributed by atoms with Gasteiger partial charge in [0.1, 0.15) is 5.60 Å². The standard InChI is InChI=1S/C17H18N2O4/c1-11-7-12(5-6-18-11)13-8-14(10-15(9-13)19(21)22)16(20)23-17(2,3)4/h5-10H,1-4H3. The van der Waals surface area contributed by atoms with Crippen LogP contribution in [-0.4, -0.2) is 21.5 Å². The molecule has 2 rings (SSSR count). The molecule has 0 unspecified atom stereocenters. The Morgan fingerprint density at radius 3 is 2.43 bits per heavy atom. The van der Waals surface area contributed by atoms with Gasteiger partial charge in [-0.1, -0.05) is 0 Å². The average molecular weight is 314 g/mol. The van der Waals surface area contributed by atoms with Gasteiger partial charge in [-0.2, -0.15) is 0 Å². The normalized spacial score (nSPS) is 11.1. The number of pyridine rings is 1. The van der Waals surface area contributed by atoms with Crippen LogP contribution in [0.1, 0.15) is 36.8 Å². The highest BCUT2D eigenvalue weighted by molar-refractivity contribution is 5.92. The summed E-state index contributed by atoms with van der Waals surface area (Å²) in [7, 11) is 0. The second-order valence-corrected chi connectivity index (χ2v) is 6.21. The molecule has 2 aromatic rings. The van der Waals surface area contributed by atoms with Crippen LogP contribution in [0.3, 0.4) is 0 Å². The van der Waals surface area contributed by atoms with Gasteiger partial charge in [0.15, 0.2) is 0 Å². The van der Waals surface area contributed by atoms with Gasteiger partial charge in [0.25, 0.3) is 5.69 Å². The van der Waals surface area contributed by atoms with Gasteiger partial charge in [0.05, 0.1) is 10.5 Å². The minimum absolute atomic E-state index is 0.151. The maximum Gasteiger partial charge on any atom is 0.338 e. The molecule has 0 amide bonds. The smallest absolute Gasteiger partial charge is 0.338 e. The van der Waals surface area contributed by atoms with Gasteiger partial charge in [-0.25, -0.2) is 4.79 Å². The molecule has 0 radical (unpaired) electrons. The molecule has 0 aliphatic heterocycles. The summed E-state index contributed by atoms with van der Waals surface area (Å²) in [5.74, 6) is -0.590. The Bertz CT molecular complexity index is 763. The molecule has 0 atom stereocenters. The maximum atomic E-state index is 12.2. The number of ether oxygens (including phenoxy) is 1. The first-order chi connectivity index (χ1) is 10.7. The lowest BCUT2D eigenvalue weighted by Gasteiger charge is -2.19. The fourth-order valence-corrected chi connectivity index (χ4v) is 2.06. The fraction of sp³-hybridized carbons (Fsp3) is 0.294. The minimum atomic E-state index is -0.672. The number of benzene rings is 1. The van der Waals surface area contributed by atoms with E-state index in [9.17, 15) is 14.9 Å². The zero-order valence-corrected chi connectivity index (χ0v) is 13.5. The number of aromatic nitrogens is 1. The van der Waals surface area contributed by atoms with Crippen molar-refractivity contribution in [2.45, 2.75) is 33.3 Å². The molecule has 0 fully saturated rings. The second kappa shape index (κ2) is 6.16. The van der Waals surface area contributed by atoms with E-state index in [1.54, 1.807) is 45.2 Å². The Morgan fingerprint density at radius 1 is 1.17 bits per heavy atom. The Labute approximate surface area is 134 Å². The summed E-state index contributed by atoms with van der Waals surface area (Å²) in [6.45, 7) is 7.07. The third-order valence-electron chi connectivity index (χ3n) is 2.99. The zero-order chi connectivity index (χ0) is 17.2. The van der Waals surface area contributed by atoms with Crippen LogP contribution < -0.4 is 0 Å². The summed E-state index contributed by atoms with van der Waals surface area (Å²) in [6, 6.07) is 7.80. The van der Waals surface area contributed by atoms with Gasteiger partial charge in [0.2, 0.25) is 0 Å². The SMILES string of the molecule is Cc1cc(-c2cc(C(=O)OC(C)(C)C)cc([N+](=O)[O-])c2)ccn1. The molecule has 1 heterocycles. The number of nitro groups is 1. The van der Waals surface area contributed by atoms with Gasteiger partial charge in [-0.3, -0.25) is 15.1 Å². The van der Waals surface area contributed by atoms with Crippen LogP contribution in [0.25, 0.3) is 11.1 Å². The van der Waals surface area contributed by atoms with Crippen molar-refractivity contribution in [3.63, 3.8) is 0 Å². The number of hydrogen-bond donors (Lipinski definition) is 0. The summed E-state index contributed by atoms with van der Waals surface area (Å²) >= 11 is 0. The van der Waals surface area contributed by atoms with Crippen molar-refractivity contribution in [2.24, 2.45) is 0 Å². The number of carbonyl (C=O) groups excluding carboxylic acids is 1. The van der Waals surface area contributed by atoms with Crippen molar-refractivity contribution >= 4 is 11.7 Å². The van der Waals surface area contributed by atoms with Crippen LogP contribution in [0.5, 0.6) is 0 Å². The van der Waals surface area contributed by atoms with Gasteiger partial charge < -0.3 is 4.74 Å². The third-order valence-corrected chi connectivity index (χ3v) is 2.99. The summed E-state index contributed by atoms with van der Waals surface area (Å²) in [4.78, 5) is 27.0. The zero-order valence-electron chi connectivity index (χ0n) is 13.5. The molecule has 0 aliphatic carbocycles. The monoisotopic (exact) mass is 314 g/mol. The van der Waals surface area contributed by atoms with Crippen molar-refractivity contribution < 1.29 is 14.5 Å². The summed E-state index contributed by atoms with van der Waals surface area (Å²) in [5.41, 5.74) is 1.44. The molecule has 1 aromatic heterocycles. The predicted molar refractivity (Wildman–Crippen MR) is 86.2 cm³/mol. The van der Waals surface area contributed by atoms with Crippen molar-refractivity contribution in [3.8, 4) is 11.1 Å². The van der Waals surface area contributed by atoms with Crippen LogP contribution in [0.4, 0.5) is 5.69 Å². The van der Waals surface area contributed by atoms with Crippen LogP contribution in [0.15, 0.2) is 36.5 Å². The van der Waals surface area contributed by atoms with E-state index in [-0.39, 0.29) is 11.3 Å². The molecule has 0 N–H and O–H groups in total. The molecule has 6 heteroatoms. The van der Waals surface area contributed by atoms with Crippen LogP contribution in [0, 0.1) is 17.0 Å². The summed E-state index contributed by atoms with van der Waals surface area (Å²) in [5, 5.41) is 11.2. The van der Waals surface area contributed by atoms with E-state index >= 15 is 0 Å². The Kier molecular flexibility index (Phi) is 4.45. The number of rotatable bonds is 3. The van der Waals surface area contributed by atoms with Crippen LogP contribution in [0.2, 0.25) is 0 Å². The van der Waals surface area contributed by atoms with Gasteiger partial charge in [0, 0.05) is 24.0 Å². The minimum Gasteiger partial charge on any atom is -0.456 e. The van der Waals surface area contributed by atoms with Crippen molar-refractivity contribution in [2.75, 3.05) is 0 Å². The number of esters is 1. The number of non-ortho nitro benzene ring substituents is 1. The van der Waals surface area contributed by atoms with Gasteiger partial charge in [-0.15, -0.1) is 0 Å². The number of hydrogen-bond acceptors (Lipinski definition) is 5. The van der Waals surface area contributed by atoms with E-state index in [2.05, 4.69) is 4.98 Å². The lowest BCUT2D eigenvalue weighted by molar-refractivity contribution is -0.384. The molecule has 1 aromatic carbocycles. The first kappa shape index (κ1) is 16.6. The van der Waals surface area contributed by atoms with E-state index < -0.39 is 16.5 Å². The molecule has 0 saturated carbocycles. The summed E-state index contributed by atoms with van der Waals surface area (Å²) < 4.78 is 5.30. The molecule has 0 saturated heterocycles. The maximum absolute atomic E-state index is 12.2. The molecule has 0 spiro atoms. The molecular weight excluding hydrogens is 296 g/mol. The highest BCUT2D eigenvalue weighted by atomic mass is 16.6. The van der Waals surface area contributed by atoms with Crippen molar-refractivity contribution in [3.05, 3.63) is 57.9 Å². The molecule has 120 valence electrons. The fourth-order valence-electron chi connectivity index (χ4n) is 2.06. The Balaban J connectivity index is 2.52. The third kappa shape index (κ3) is 4.35. The molecule has 6 nitrogen and oxygen atoms in total. The quantitative estimate of drug-likeness (QED) is 0.487. The van der Waals surface area contributed by atoms with E-state index in [0.29, 0.717) is 5.56 Å². The second-order valence-electron chi connectivity index (χ2n) is 6.21. The Hall–Kier alpha value is -2.76. The van der Waals surface area contributed by atoms with Crippen molar-refractivity contribution in [1.82, 2.24) is 4.98 Å². The van der Waals surface area contributed by atoms with Crippen LogP contribution >= 0.6 is 0 Å². The molecule has 0 aliphatic rings. The highest BCUT2D eigenvalue weighted by Gasteiger charge is 2.21. The summed E-state index contributed by atoms with van der Waals surface area (Å²) in [6.07, 6.45) is 1.62. The number of nitrogens with zero attached hydrogens (tertiary/aromatic N) is 2. The lowest BCUT2D eigenvalue weighted by atomic mass is 10.0. The van der Waals surface area contributed by atoms with E-state index in [1.165, 1.54) is 12.1 Å². The number of aryl methyl sites for hydroxylation is 1. The van der Waals surface area contributed by atoms with Gasteiger partial charge in [-0.05, 0) is 57.0 Å². The lowest BCUT2D eigenvalue weighted by Crippen LogP contribution is -2.24. The number of nitro benzene ring substituents is 1. The molecular formula is C17H18N2O4. The molecule has 0 bridgehead atoms. The van der Waals surface area contributed by atoms with E-state index in [1.807, 2.05) is 6.92 Å². The van der Waals surface area contributed by atoms with Gasteiger partial charge >= 0.3 is 5.97 Å². The average Bonchev–Trinajstić information content (AvgIpc) is 2.45. The van der Waals surface area contributed by atoms with E-state index in [4.69, 9.17) is 4.74 Å².